The maximum atomic E-state index is 5.82. The van der Waals surface area contributed by atoms with Gasteiger partial charge in [0.15, 0.2) is 0 Å². The van der Waals surface area contributed by atoms with Gasteiger partial charge in [0.05, 0.1) is 0 Å². The molecule has 0 spiro atoms. The largest absolute Gasteiger partial charge is 0.500 e. The van der Waals surface area contributed by atoms with Gasteiger partial charge < -0.3 is 24.3 Å². The first-order chi connectivity index (χ1) is 10.3. The van der Waals surface area contributed by atoms with E-state index in [-0.39, 0.29) is 0 Å². The van der Waals surface area contributed by atoms with Crippen LogP contribution in [0.15, 0.2) is 30.3 Å². The highest BCUT2D eigenvalue weighted by Gasteiger charge is 2.37. The second kappa shape index (κ2) is 10.9. The lowest BCUT2D eigenvalue weighted by atomic mass is 10.2. The molecule has 0 radical (unpaired) electrons. The molecule has 3 N–H and O–H groups in total. The van der Waals surface area contributed by atoms with Crippen molar-refractivity contribution in [1.82, 2.24) is 5.32 Å². The third-order valence-corrected chi connectivity index (χ3v) is 6.15. The summed E-state index contributed by atoms with van der Waals surface area (Å²) in [5.41, 5.74) is 6.77. The van der Waals surface area contributed by atoms with Crippen LogP contribution in [-0.4, -0.2) is 42.7 Å². The second-order valence-corrected chi connectivity index (χ2v) is 7.82. The summed E-state index contributed by atoms with van der Waals surface area (Å²) < 4.78 is 16.9. The van der Waals surface area contributed by atoms with Crippen molar-refractivity contribution in [3.63, 3.8) is 0 Å². The number of benzene rings is 1. The molecular weight excluding hydrogens is 284 g/mol. The molecule has 1 aromatic carbocycles. The fourth-order valence-electron chi connectivity index (χ4n) is 2.05. The molecule has 1 aromatic rings. The standard InChI is InChI=1S/C15H28N2O3Si/c1-18-21(19-2,20-12-6-10-16)13-7-11-17-14-15-8-4-3-5-9-15/h3-5,8-9,17H,6-7,10-14,16H2,1-2H3. The van der Waals surface area contributed by atoms with Crippen molar-refractivity contribution in [1.29, 1.82) is 0 Å². The van der Waals surface area contributed by atoms with Crippen molar-refractivity contribution < 1.29 is 13.3 Å². The van der Waals surface area contributed by atoms with E-state index in [1.165, 1.54) is 5.56 Å². The Morgan fingerprint density at radius 1 is 1.10 bits per heavy atom. The second-order valence-electron chi connectivity index (χ2n) is 4.85. The normalized spacial score (nSPS) is 11.8. The summed E-state index contributed by atoms with van der Waals surface area (Å²) in [6, 6.07) is 11.2. The molecule has 0 amide bonds. The van der Waals surface area contributed by atoms with Gasteiger partial charge in [-0.3, -0.25) is 0 Å². The van der Waals surface area contributed by atoms with Gasteiger partial charge >= 0.3 is 8.80 Å². The van der Waals surface area contributed by atoms with Gasteiger partial charge in [-0.05, 0) is 31.5 Å². The van der Waals surface area contributed by atoms with E-state index in [1.807, 2.05) is 6.07 Å². The van der Waals surface area contributed by atoms with Gasteiger partial charge in [-0.25, -0.2) is 0 Å². The van der Waals surface area contributed by atoms with Crippen molar-refractivity contribution in [3.05, 3.63) is 35.9 Å². The average Bonchev–Trinajstić information content (AvgIpc) is 2.54. The van der Waals surface area contributed by atoms with Crippen LogP contribution in [0.4, 0.5) is 0 Å². The van der Waals surface area contributed by atoms with E-state index in [0.29, 0.717) is 13.2 Å². The molecule has 0 saturated heterocycles. The fourth-order valence-corrected chi connectivity index (χ4v) is 4.07. The SMILES string of the molecule is CO[Si](CCCNCc1ccccc1)(OC)OCCCN. The zero-order chi connectivity index (χ0) is 15.4. The highest BCUT2D eigenvalue weighted by Crippen LogP contribution is 2.16. The van der Waals surface area contributed by atoms with Gasteiger partial charge in [-0.2, -0.15) is 0 Å². The van der Waals surface area contributed by atoms with Crippen LogP contribution >= 0.6 is 0 Å². The van der Waals surface area contributed by atoms with E-state index in [0.717, 1.165) is 32.0 Å². The summed E-state index contributed by atoms with van der Waals surface area (Å²) in [7, 11) is 0.819. The Balaban J connectivity index is 2.23. The van der Waals surface area contributed by atoms with Crippen LogP contribution in [-0.2, 0) is 19.8 Å². The third-order valence-electron chi connectivity index (χ3n) is 3.30. The molecule has 0 aliphatic rings. The van der Waals surface area contributed by atoms with E-state index < -0.39 is 8.80 Å². The zero-order valence-corrected chi connectivity index (χ0v) is 14.1. The summed E-state index contributed by atoms with van der Waals surface area (Å²) in [4.78, 5) is 0. The van der Waals surface area contributed by atoms with Gasteiger partial charge in [-0.15, -0.1) is 0 Å². The van der Waals surface area contributed by atoms with E-state index in [1.54, 1.807) is 14.2 Å². The molecule has 21 heavy (non-hydrogen) atoms. The molecule has 0 aliphatic carbocycles. The molecule has 0 heterocycles. The molecule has 0 aliphatic heterocycles. The van der Waals surface area contributed by atoms with E-state index in [9.17, 15) is 0 Å². The molecule has 0 aromatic heterocycles. The van der Waals surface area contributed by atoms with Crippen LogP contribution in [0.5, 0.6) is 0 Å². The molecule has 0 unspecified atom stereocenters. The van der Waals surface area contributed by atoms with E-state index >= 15 is 0 Å². The summed E-state index contributed by atoms with van der Waals surface area (Å²) in [6.45, 7) is 3.01. The predicted molar refractivity (Wildman–Crippen MR) is 87.0 cm³/mol. The Morgan fingerprint density at radius 3 is 2.43 bits per heavy atom. The van der Waals surface area contributed by atoms with E-state index in [4.69, 9.17) is 19.0 Å². The monoisotopic (exact) mass is 312 g/mol. The van der Waals surface area contributed by atoms with Crippen LogP contribution in [0.3, 0.4) is 0 Å². The minimum atomic E-state index is -2.51. The summed E-state index contributed by atoms with van der Waals surface area (Å²) in [5, 5.41) is 3.43. The lowest BCUT2D eigenvalue weighted by Crippen LogP contribution is -2.44. The number of nitrogens with one attached hydrogen (secondary N) is 1. The summed E-state index contributed by atoms with van der Waals surface area (Å²) >= 11 is 0. The smallest absolute Gasteiger partial charge is 0.377 e. The number of hydrogen-bond donors (Lipinski definition) is 2. The van der Waals surface area contributed by atoms with Gasteiger partial charge in [0, 0.05) is 33.4 Å². The third kappa shape index (κ3) is 7.17. The first kappa shape index (κ1) is 18.3. The predicted octanol–water partition coefficient (Wildman–Crippen LogP) is 1.76. The first-order valence-corrected chi connectivity index (χ1v) is 9.38. The lowest BCUT2D eigenvalue weighted by molar-refractivity contribution is 0.0971. The Hall–Kier alpha value is -0.763. The maximum absolute atomic E-state index is 5.82. The average molecular weight is 312 g/mol. The lowest BCUT2D eigenvalue weighted by Gasteiger charge is -2.26. The first-order valence-electron chi connectivity index (χ1n) is 7.45. The zero-order valence-electron chi connectivity index (χ0n) is 13.1. The van der Waals surface area contributed by atoms with Crippen molar-refractivity contribution in [3.8, 4) is 0 Å². The molecule has 0 atom stereocenters. The van der Waals surface area contributed by atoms with Gasteiger partial charge in [0.1, 0.15) is 0 Å². The number of nitrogens with two attached hydrogens (primary N) is 1. The highest BCUT2D eigenvalue weighted by atomic mass is 28.4. The maximum Gasteiger partial charge on any atom is 0.500 e. The van der Waals surface area contributed by atoms with Crippen LogP contribution in [0.25, 0.3) is 0 Å². The van der Waals surface area contributed by atoms with Gasteiger partial charge in [0.25, 0.3) is 0 Å². The van der Waals surface area contributed by atoms with Crippen LogP contribution < -0.4 is 11.1 Å². The molecule has 0 fully saturated rings. The topological polar surface area (TPSA) is 65.7 Å². The number of rotatable bonds is 12. The van der Waals surface area contributed by atoms with Crippen molar-refractivity contribution in [2.24, 2.45) is 5.73 Å². The van der Waals surface area contributed by atoms with E-state index in [2.05, 4.69) is 29.6 Å². The molecule has 0 bridgehead atoms. The molecule has 120 valence electrons. The Labute approximate surface area is 129 Å². The van der Waals surface area contributed by atoms with Crippen LogP contribution in [0, 0.1) is 0 Å². The van der Waals surface area contributed by atoms with Gasteiger partial charge in [0.2, 0.25) is 0 Å². The van der Waals surface area contributed by atoms with Crippen molar-refractivity contribution in [2.75, 3.05) is 33.9 Å². The summed E-state index contributed by atoms with van der Waals surface area (Å²) in [6.07, 6.45) is 1.79. The Kier molecular flexibility index (Phi) is 9.48. The fraction of sp³-hybridized carbons (Fsp3) is 0.600. The molecule has 5 nitrogen and oxygen atoms in total. The molecule has 0 saturated carbocycles. The van der Waals surface area contributed by atoms with Crippen molar-refractivity contribution in [2.45, 2.75) is 25.4 Å². The quantitative estimate of drug-likeness (QED) is 0.455. The van der Waals surface area contributed by atoms with Gasteiger partial charge in [-0.1, -0.05) is 30.3 Å². The minimum Gasteiger partial charge on any atom is -0.377 e. The molecule has 6 heteroatoms. The highest BCUT2D eigenvalue weighted by molar-refractivity contribution is 6.60. The van der Waals surface area contributed by atoms with Crippen LogP contribution in [0.1, 0.15) is 18.4 Å². The summed E-state index contributed by atoms with van der Waals surface area (Å²) in [5.74, 6) is 0. The Morgan fingerprint density at radius 2 is 1.81 bits per heavy atom. The Bertz CT molecular complexity index is 361. The molecular formula is C15H28N2O3Si. The number of hydrogen-bond acceptors (Lipinski definition) is 5. The molecule has 1 rings (SSSR count). The minimum absolute atomic E-state index is 0.599. The van der Waals surface area contributed by atoms with Crippen molar-refractivity contribution >= 4 is 8.80 Å². The van der Waals surface area contributed by atoms with Crippen LogP contribution in [0.2, 0.25) is 6.04 Å².